The number of rotatable bonds is 21. The van der Waals surface area contributed by atoms with Crippen molar-refractivity contribution in [2.24, 2.45) is 5.92 Å². The van der Waals surface area contributed by atoms with Crippen LogP contribution in [-0.2, 0) is 14.3 Å². The van der Waals surface area contributed by atoms with Crippen LogP contribution in [0.5, 0.6) is 0 Å². The van der Waals surface area contributed by atoms with Gasteiger partial charge in [-0.1, -0.05) is 111 Å². The summed E-state index contributed by atoms with van der Waals surface area (Å²) in [7, 11) is 0. The van der Waals surface area contributed by atoms with E-state index >= 15 is 0 Å². The summed E-state index contributed by atoms with van der Waals surface area (Å²) in [6.07, 6.45) is 18.6. The lowest BCUT2D eigenvalue weighted by Gasteiger charge is -2.19. The minimum Gasteiger partial charge on any atom is -0.464 e. The Morgan fingerprint density at radius 1 is 0.645 bits per heavy atom. The van der Waals surface area contributed by atoms with Crippen LogP contribution < -0.4 is 5.32 Å². The van der Waals surface area contributed by atoms with Crippen molar-refractivity contribution in [2.75, 3.05) is 13.2 Å². The topological polar surface area (TPSA) is 64.6 Å². The average molecular weight is 442 g/mol. The van der Waals surface area contributed by atoms with Crippen molar-refractivity contribution in [1.82, 2.24) is 5.32 Å². The lowest BCUT2D eigenvalue weighted by molar-refractivity contribution is -0.146. The maximum absolute atomic E-state index is 12.4. The van der Waals surface area contributed by atoms with Crippen LogP contribution in [0.4, 0.5) is 4.79 Å². The minimum absolute atomic E-state index is 0.282. The lowest BCUT2D eigenvalue weighted by atomic mass is 10.0. The fourth-order valence-electron chi connectivity index (χ4n) is 3.57. The second kappa shape index (κ2) is 22.0. The molecule has 5 nitrogen and oxygen atoms in total. The molecule has 1 unspecified atom stereocenters. The Morgan fingerprint density at radius 2 is 1.10 bits per heavy atom. The second-order valence-corrected chi connectivity index (χ2v) is 9.23. The van der Waals surface area contributed by atoms with E-state index in [-0.39, 0.29) is 11.9 Å². The van der Waals surface area contributed by atoms with Gasteiger partial charge in [0.2, 0.25) is 0 Å². The zero-order valence-electron chi connectivity index (χ0n) is 21.0. The summed E-state index contributed by atoms with van der Waals surface area (Å²) in [5.41, 5.74) is 0. The van der Waals surface area contributed by atoms with E-state index in [9.17, 15) is 9.59 Å². The van der Waals surface area contributed by atoms with E-state index in [1.54, 1.807) is 0 Å². The summed E-state index contributed by atoms with van der Waals surface area (Å²) >= 11 is 0. The van der Waals surface area contributed by atoms with Gasteiger partial charge in [-0.05, 0) is 25.2 Å². The third-order valence-electron chi connectivity index (χ3n) is 5.51. The van der Waals surface area contributed by atoms with Gasteiger partial charge in [-0.2, -0.15) is 0 Å². The summed E-state index contributed by atoms with van der Waals surface area (Å²) in [6, 6.07) is -0.629. The lowest BCUT2D eigenvalue weighted by Crippen LogP contribution is -2.43. The highest BCUT2D eigenvalue weighted by molar-refractivity contribution is 5.81. The van der Waals surface area contributed by atoms with Crippen LogP contribution in [0.25, 0.3) is 0 Å². The SMILES string of the molecule is CCCCCCCCCCCCCCCOC(=O)C(CC(C)C)NC(=O)OCCCC. The number of carbonyl (C=O) groups is 2. The Balaban J connectivity index is 3.75. The first kappa shape index (κ1) is 29.7. The van der Waals surface area contributed by atoms with Gasteiger partial charge in [-0.3, -0.25) is 0 Å². The van der Waals surface area contributed by atoms with Crippen molar-refractivity contribution < 1.29 is 19.1 Å². The molecule has 1 atom stereocenters. The van der Waals surface area contributed by atoms with Crippen LogP contribution >= 0.6 is 0 Å². The van der Waals surface area contributed by atoms with Crippen LogP contribution in [0.3, 0.4) is 0 Å². The van der Waals surface area contributed by atoms with Gasteiger partial charge in [0, 0.05) is 0 Å². The van der Waals surface area contributed by atoms with Crippen molar-refractivity contribution >= 4 is 12.1 Å². The Hall–Kier alpha value is -1.26. The highest BCUT2D eigenvalue weighted by atomic mass is 16.6. The summed E-state index contributed by atoms with van der Waals surface area (Å²) in [5.74, 6) is -0.0649. The molecular formula is C26H51NO4. The molecule has 0 aliphatic heterocycles. The number of esters is 1. The smallest absolute Gasteiger partial charge is 0.407 e. The first-order valence-electron chi connectivity index (χ1n) is 13.1. The van der Waals surface area contributed by atoms with E-state index in [1.807, 2.05) is 20.8 Å². The number of alkyl carbamates (subject to hydrolysis) is 1. The summed E-state index contributed by atoms with van der Waals surface area (Å²) in [6.45, 7) is 9.16. The van der Waals surface area contributed by atoms with Gasteiger partial charge in [0.1, 0.15) is 6.04 Å². The molecule has 0 spiro atoms. The zero-order valence-corrected chi connectivity index (χ0v) is 21.0. The molecule has 0 saturated carbocycles. The molecule has 0 aromatic rings. The van der Waals surface area contributed by atoms with Gasteiger partial charge >= 0.3 is 12.1 Å². The fourth-order valence-corrected chi connectivity index (χ4v) is 3.57. The fraction of sp³-hybridized carbons (Fsp3) is 0.923. The largest absolute Gasteiger partial charge is 0.464 e. The highest BCUT2D eigenvalue weighted by Gasteiger charge is 2.23. The molecule has 0 bridgehead atoms. The first-order chi connectivity index (χ1) is 15.0. The van der Waals surface area contributed by atoms with E-state index in [4.69, 9.17) is 9.47 Å². The third-order valence-corrected chi connectivity index (χ3v) is 5.51. The van der Waals surface area contributed by atoms with Crippen molar-refractivity contribution in [3.63, 3.8) is 0 Å². The molecule has 0 heterocycles. The van der Waals surface area contributed by atoms with Crippen LogP contribution in [-0.4, -0.2) is 31.3 Å². The Labute approximate surface area is 192 Å². The van der Waals surface area contributed by atoms with Gasteiger partial charge in [-0.15, -0.1) is 0 Å². The van der Waals surface area contributed by atoms with Gasteiger partial charge in [0.05, 0.1) is 13.2 Å². The van der Waals surface area contributed by atoms with Crippen molar-refractivity contribution in [1.29, 1.82) is 0 Å². The average Bonchev–Trinajstić information content (AvgIpc) is 2.73. The van der Waals surface area contributed by atoms with E-state index in [1.165, 1.54) is 70.6 Å². The molecule has 0 aliphatic rings. The predicted molar refractivity (Wildman–Crippen MR) is 129 cm³/mol. The van der Waals surface area contributed by atoms with Crippen LogP contribution in [0, 0.1) is 5.92 Å². The Morgan fingerprint density at radius 3 is 1.58 bits per heavy atom. The van der Waals surface area contributed by atoms with E-state index < -0.39 is 12.1 Å². The van der Waals surface area contributed by atoms with Crippen LogP contribution in [0.2, 0.25) is 0 Å². The Bertz CT molecular complexity index is 426. The number of nitrogens with one attached hydrogen (secondary N) is 1. The molecule has 0 rings (SSSR count). The maximum Gasteiger partial charge on any atom is 0.407 e. The highest BCUT2D eigenvalue weighted by Crippen LogP contribution is 2.13. The molecule has 1 N–H and O–H groups in total. The predicted octanol–water partition coefficient (Wildman–Crippen LogP) is 7.56. The van der Waals surface area contributed by atoms with Gasteiger partial charge in [0.25, 0.3) is 0 Å². The molecule has 0 aliphatic carbocycles. The quantitative estimate of drug-likeness (QED) is 0.147. The summed E-state index contributed by atoms with van der Waals surface area (Å²) < 4.78 is 10.5. The van der Waals surface area contributed by atoms with Crippen molar-refractivity contribution in [3.8, 4) is 0 Å². The number of hydrogen-bond donors (Lipinski definition) is 1. The first-order valence-corrected chi connectivity index (χ1v) is 13.1. The number of amides is 1. The summed E-state index contributed by atoms with van der Waals surface area (Å²) in [4.78, 5) is 24.2. The van der Waals surface area contributed by atoms with Crippen molar-refractivity contribution in [3.05, 3.63) is 0 Å². The monoisotopic (exact) mass is 441 g/mol. The minimum atomic E-state index is -0.629. The summed E-state index contributed by atoms with van der Waals surface area (Å²) in [5, 5.41) is 2.67. The second-order valence-electron chi connectivity index (χ2n) is 9.23. The van der Waals surface area contributed by atoms with Gasteiger partial charge < -0.3 is 14.8 Å². The maximum atomic E-state index is 12.4. The number of unbranched alkanes of at least 4 members (excludes halogenated alkanes) is 13. The number of hydrogen-bond acceptors (Lipinski definition) is 4. The van der Waals surface area contributed by atoms with E-state index in [0.29, 0.717) is 19.6 Å². The van der Waals surface area contributed by atoms with Crippen LogP contribution in [0.15, 0.2) is 0 Å². The molecule has 5 heteroatoms. The molecule has 0 aromatic carbocycles. The molecule has 0 fully saturated rings. The molecule has 0 aromatic heterocycles. The normalized spacial score (nSPS) is 12.0. The number of ether oxygens (including phenoxy) is 2. The standard InChI is InChI=1S/C26H51NO4/c1-5-7-9-10-11-12-13-14-15-16-17-18-19-21-30-25(28)24(22-23(3)4)27-26(29)31-20-8-6-2/h23-24H,5-22H2,1-4H3,(H,27,29). The van der Waals surface area contributed by atoms with E-state index in [0.717, 1.165) is 25.7 Å². The van der Waals surface area contributed by atoms with Gasteiger partial charge in [-0.25, -0.2) is 9.59 Å². The molecule has 0 saturated heterocycles. The third kappa shape index (κ3) is 20.4. The molecule has 1 amide bonds. The molecular weight excluding hydrogens is 390 g/mol. The molecule has 31 heavy (non-hydrogen) atoms. The van der Waals surface area contributed by atoms with E-state index in [2.05, 4.69) is 12.2 Å². The number of carbonyl (C=O) groups excluding carboxylic acids is 2. The van der Waals surface area contributed by atoms with Crippen molar-refractivity contribution in [2.45, 2.75) is 136 Å². The Kier molecular flexibility index (Phi) is 21.1. The zero-order chi connectivity index (χ0) is 23.2. The van der Waals surface area contributed by atoms with Crippen LogP contribution in [0.1, 0.15) is 130 Å². The van der Waals surface area contributed by atoms with Gasteiger partial charge in [0.15, 0.2) is 0 Å². The molecule has 0 radical (unpaired) electrons. The molecule has 184 valence electrons.